The van der Waals surface area contributed by atoms with Gasteiger partial charge in [-0.25, -0.2) is 4.98 Å². The average molecular weight is 369 g/mol. The van der Waals surface area contributed by atoms with Crippen LogP contribution in [-0.4, -0.2) is 53.4 Å². The molecule has 1 fully saturated rings. The zero-order valence-corrected chi connectivity index (χ0v) is 15.9. The van der Waals surface area contributed by atoms with E-state index in [1.54, 1.807) is 18.4 Å². The number of aromatic amines is 1. The number of hydrogen-bond donors (Lipinski definition) is 1. The molecule has 3 aromatic rings. The Bertz CT molecular complexity index is 849. The fourth-order valence-electron chi connectivity index (χ4n) is 3.26. The fraction of sp³-hybridized carbons (Fsp3) is 0.368. The Labute approximate surface area is 157 Å². The van der Waals surface area contributed by atoms with Gasteiger partial charge in [0.15, 0.2) is 5.13 Å². The number of rotatable bonds is 5. The molecule has 0 bridgehead atoms. The van der Waals surface area contributed by atoms with Gasteiger partial charge in [0.2, 0.25) is 0 Å². The summed E-state index contributed by atoms with van der Waals surface area (Å²) in [7, 11) is 1.68. The van der Waals surface area contributed by atoms with E-state index in [9.17, 15) is 0 Å². The van der Waals surface area contributed by atoms with E-state index in [2.05, 4.69) is 49.4 Å². The predicted octanol–water partition coefficient (Wildman–Crippen LogP) is 3.17. The number of nitrogens with zero attached hydrogens (tertiary/aromatic N) is 4. The molecule has 0 radical (unpaired) electrons. The van der Waals surface area contributed by atoms with Crippen LogP contribution < -0.4 is 9.64 Å². The highest BCUT2D eigenvalue weighted by Gasteiger charge is 2.20. The molecule has 1 aliphatic rings. The molecule has 0 saturated carbocycles. The summed E-state index contributed by atoms with van der Waals surface area (Å²) < 4.78 is 5.24. The van der Waals surface area contributed by atoms with Gasteiger partial charge in [-0.05, 0) is 31.2 Å². The number of benzene rings is 1. The van der Waals surface area contributed by atoms with Crippen LogP contribution in [0.4, 0.5) is 5.13 Å². The van der Waals surface area contributed by atoms with Crippen molar-refractivity contribution in [1.29, 1.82) is 0 Å². The molecular formula is C19H23N5OS. The molecule has 1 N–H and O–H groups in total. The summed E-state index contributed by atoms with van der Waals surface area (Å²) >= 11 is 1.74. The van der Waals surface area contributed by atoms with Gasteiger partial charge in [-0.3, -0.25) is 10.00 Å². The predicted molar refractivity (Wildman–Crippen MR) is 105 cm³/mol. The topological polar surface area (TPSA) is 57.3 Å². The van der Waals surface area contributed by atoms with Crippen LogP contribution in [0.5, 0.6) is 5.75 Å². The van der Waals surface area contributed by atoms with Crippen molar-refractivity contribution < 1.29 is 4.74 Å². The first-order chi connectivity index (χ1) is 12.7. The number of H-pyrrole nitrogens is 1. The van der Waals surface area contributed by atoms with Gasteiger partial charge in [-0.2, -0.15) is 5.10 Å². The van der Waals surface area contributed by atoms with Crippen LogP contribution in [0.1, 0.15) is 11.3 Å². The average Bonchev–Trinajstić information content (AvgIpc) is 3.31. The standard InChI is InChI=1S/C19H23N5OS/c1-14-13-26-19(21-14)24-9-7-23(8-10-24)12-16-11-20-22-18(16)15-3-5-17(25-2)6-4-15/h3-6,11,13H,7-10,12H2,1-2H3,(H,20,22). The first-order valence-electron chi connectivity index (χ1n) is 8.79. The second kappa shape index (κ2) is 7.47. The Hall–Kier alpha value is -2.38. The van der Waals surface area contributed by atoms with E-state index in [1.165, 1.54) is 5.56 Å². The minimum absolute atomic E-state index is 0.864. The van der Waals surface area contributed by atoms with Gasteiger partial charge >= 0.3 is 0 Å². The van der Waals surface area contributed by atoms with Gasteiger partial charge in [-0.15, -0.1) is 11.3 Å². The molecule has 26 heavy (non-hydrogen) atoms. The van der Waals surface area contributed by atoms with Gasteiger partial charge in [0.05, 0.1) is 24.7 Å². The second-order valence-electron chi connectivity index (χ2n) is 6.53. The molecule has 1 saturated heterocycles. The maximum atomic E-state index is 5.24. The molecule has 0 spiro atoms. The molecule has 3 heterocycles. The number of methoxy groups -OCH3 is 1. The van der Waals surface area contributed by atoms with Crippen molar-refractivity contribution in [2.24, 2.45) is 0 Å². The summed E-state index contributed by atoms with van der Waals surface area (Å²) in [4.78, 5) is 9.47. The lowest BCUT2D eigenvalue weighted by Gasteiger charge is -2.34. The van der Waals surface area contributed by atoms with Crippen molar-refractivity contribution in [2.75, 3.05) is 38.2 Å². The molecule has 0 atom stereocenters. The molecule has 7 heteroatoms. The van der Waals surface area contributed by atoms with E-state index < -0.39 is 0 Å². The number of aryl methyl sites for hydroxylation is 1. The van der Waals surface area contributed by atoms with Crippen molar-refractivity contribution in [1.82, 2.24) is 20.1 Å². The third-order valence-electron chi connectivity index (χ3n) is 4.74. The normalized spacial score (nSPS) is 15.4. The molecule has 6 nitrogen and oxygen atoms in total. The Morgan fingerprint density at radius 3 is 2.58 bits per heavy atom. The van der Waals surface area contributed by atoms with Crippen molar-refractivity contribution in [2.45, 2.75) is 13.5 Å². The van der Waals surface area contributed by atoms with Crippen LogP contribution >= 0.6 is 11.3 Å². The van der Waals surface area contributed by atoms with E-state index in [0.29, 0.717) is 0 Å². The number of thiazole rings is 1. The maximum absolute atomic E-state index is 5.24. The summed E-state index contributed by atoms with van der Waals surface area (Å²) in [6, 6.07) is 8.10. The van der Waals surface area contributed by atoms with Crippen molar-refractivity contribution in [3.63, 3.8) is 0 Å². The highest BCUT2D eigenvalue weighted by atomic mass is 32.1. The number of nitrogens with one attached hydrogen (secondary N) is 1. The summed E-state index contributed by atoms with van der Waals surface area (Å²) in [6.07, 6.45) is 1.94. The first kappa shape index (κ1) is 17.1. The molecule has 1 aromatic carbocycles. The monoisotopic (exact) mass is 369 g/mol. The van der Waals surface area contributed by atoms with Gasteiger partial charge in [0.25, 0.3) is 0 Å². The maximum Gasteiger partial charge on any atom is 0.185 e. The lowest BCUT2D eigenvalue weighted by molar-refractivity contribution is 0.250. The smallest absolute Gasteiger partial charge is 0.185 e. The van der Waals surface area contributed by atoms with Crippen molar-refractivity contribution in [3.05, 3.63) is 47.1 Å². The molecular weight excluding hydrogens is 346 g/mol. The SMILES string of the molecule is COc1ccc(-c2[nH]ncc2CN2CCN(c3nc(C)cs3)CC2)cc1. The Balaban J connectivity index is 1.40. The molecule has 0 unspecified atom stereocenters. The zero-order chi connectivity index (χ0) is 17.9. The zero-order valence-electron chi connectivity index (χ0n) is 15.1. The first-order valence-corrected chi connectivity index (χ1v) is 9.67. The minimum atomic E-state index is 0.864. The van der Waals surface area contributed by atoms with Crippen LogP contribution in [0.25, 0.3) is 11.3 Å². The minimum Gasteiger partial charge on any atom is -0.497 e. The molecule has 0 aliphatic carbocycles. The molecule has 1 aliphatic heterocycles. The van der Waals surface area contributed by atoms with E-state index in [4.69, 9.17) is 4.74 Å². The molecule has 0 amide bonds. The van der Waals surface area contributed by atoms with E-state index in [1.807, 2.05) is 18.3 Å². The van der Waals surface area contributed by atoms with E-state index in [-0.39, 0.29) is 0 Å². The van der Waals surface area contributed by atoms with Gasteiger partial charge < -0.3 is 9.64 Å². The summed E-state index contributed by atoms with van der Waals surface area (Å²) in [5.41, 5.74) is 4.56. The van der Waals surface area contributed by atoms with Crippen LogP contribution in [0.3, 0.4) is 0 Å². The second-order valence-corrected chi connectivity index (χ2v) is 7.37. The highest BCUT2D eigenvalue weighted by molar-refractivity contribution is 7.13. The number of hydrogen-bond acceptors (Lipinski definition) is 6. The number of ether oxygens (including phenoxy) is 1. The summed E-state index contributed by atoms with van der Waals surface area (Å²) in [6.45, 7) is 7.06. The Morgan fingerprint density at radius 1 is 1.15 bits per heavy atom. The van der Waals surface area contributed by atoms with Crippen LogP contribution in [0, 0.1) is 6.92 Å². The third kappa shape index (κ3) is 3.59. The van der Waals surface area contributed by atoms with Crippen molar-refractivity contribution >= 4 is 16.5 Å². The van der Waals surface area contributed by atoms with E-state index >= 15 is 0 Å². The molecule has 2 aromatic heterocycles. The molecule has 136 valence electrons. The summed E-state index contributed by atoms with van der Waals surface area (Å²) in [5, 5.41) is 10.7. The number of anilines is 1. The lowest BCUT2D eigenvalue weighted by atomic mass is 10.1. The van der Waals surface area contributed by atoms with Crippen molar-refractivity contribution in [3.8, 4) is 17.0 Å². The third-order valence-corrected chi connectivity index (χ3v) is 5.76. The molecule has 4 rings (SSSR count). The number of piperazine rings is 1. The Morgan fingerprint density at radius 2 is 1.92 bits per heavy atom. The summed E-state index contributed by atoms with van der Waals surface area (Å²) in [5.74, 6) is 0.864. The quantitative estimate of drug-likeness (QED) is 0.749. The Kier molecular flexibility index (Phi) is 4.90. The largest absolute Gasteiger partial charge is 0.497 e. The highest BCUT2D eigenvalue weighted by Crippen LogP contribution is 2.26. The lowest BCUT2D eigenvalue weighted by Crippen LogP contribution is -2.45. The fourth-order valence-corrected chi connectivity index (χ4v) is 4.12. The van der Waals surface area contributed by atoms with Crippen LogP contribution in [-0.2, 0) is 6.54 Å². The van der Waals surface area contributed by atoms with Gasteiger partial charge in [0.1, 0.15) is 5.75 Å². The number of aromatic nitrogens is 3. The van der Waals surface area contributed by atoms with Crippen LogP contribution in [0.2, 0.25) is 0 Å². The van der Waals surface area contributed by atoms with Gasteiger partial charge in [0, 0.05) is 49.2 Å². The van der Waals surface area contributed by atoms with E-state index in [0.717, 1.165) is 60.6 Å². The van der Waals surface area contributed by atoms with Gasteiger partial charge in [-0.1, -0.05) is 0 Å². The van der Waals surface area contributed by atoms with Crippen LogP contribution in [0.15, 0.2) is 35.8 Å².